The minimum Gasteiger partial charge on any atom is -0.508 e. The Morgan fingerprint density at radius 3 is 1.67 bits per heavy atom. The van der Waals surface area contributed by atoms with Gasteiger partial charge in [-0.15, -0.1) is 0 Å². The first-order valence-electron chi connectivity index (χ1n) is 10.5. The van der Waals surface area contributed by atoms with Gasteiger partial charge in [-0.05, 0) is 31.0 Å². The molecule has 0 aromatic heterocycles. The number of hydrogen-bond donors (Lipinski definition) is 9. The van der Waals surface area contributed by atoms with Gasteiger partial charge in [0.25, 0.3) is 0 Å². The molecule has 0 fully saturated rings. The van der Waals surface area contributed by atoms with Gasteiger partial charge in [-0.25, -0.2) is 4.79 Å². The number of benzene rings is 1. The van der Waals surface area contributed by atoms with Gasteiger partial charge in [0.2, 0.25) is 17.7 Å². The van der Waals surface area contributed by atoms with Crippen molar-refractivity contribution in [3.63, 3.8) is 0 Å². The van der Waals surface area contributed by atoms with Crippen molar-refractivity contribution in [3.05, 3.63) is 29.8 Å². The number of amides is 3. The van der Waals surface area contributed by atoms with E-state index in [-0.39, 0.29) is 12.2 Å². The van der Waals surface area contributed by atoms with Crippen molar-refractivity contribution in [3.8, 4) is 5.75 Å². The molecule has 0 aliphatic heterocycles. The van der Waals surface area contributed by atoms with Crippen LogP contribution in [0.25, 0.3) is 0 Å². The predicted octanol–water partition coefficient (Wildman–Crippen LogP) is -2.87. The summed E-state index contributed by atoms with van der Waals surface area (Å²) in [6, 6.07) is -0.974. The van der Waals surface area contributed by atoms with E-state index in [1.807, 2.05) is 10.6 Å². The molecule has 15 heteroatoms. The van der Waals surface area contributed by atoms with E-state index < -0.39 is 78.7 Å². The zero-order valence-corrected chi connectivity index (χ0v) is 19.1. The molecule has 5 atom stereocenters. The summed E-state index contributed by atoms with van der Waals surface area (Å²) in [5.41, 5.74) is 6.37. The van der Waals surface area contributed by atoms with Crippen molar-refractivity contribution in [2.45, 2.75) is 56.5 Å². The van der Waals surface area contributed by atoms with Gasteiger partial charge in [0, 0.05) is 0 Å². The number of aliphatic hydroxyl groups is 1. The molecule has 5 unspecified atom stereocenters. The van der Waals surface area contributed by atoms with Crippen molar-refractivity contribution in [1.82, 2.24) is 16.0 Å². The van der Waals surface area contributed by atoms with Crippen molar-refractivity contribution in [2.24, 2.45) is 5.73 Å². The third-order valence-electron chi connectivity index (χ3n) is 4.80. The van der Waals surface area contributed by atoms with Gasteiger partial charge in [-0.3, -0.25) is 24.0 Å². The number of phenols is 1. The van der Waals surface area contributed by atoms with Crippen LogP contribution < -0.4 is 21.7 Å². The number of carboxylic acid groups (broad SMARTS) is 3. The molecule has 0 aliphatic carbocycles. The SMILES string of the molecule is CC(O)C(NC(=O)C(CC(=O)O)NC(=O)C(CC(=O)O)NC(=O)C(N)Cc1ccc(O)cc1)C(=O)O. The minimum atomic E-state index is -1.87. The number of carbonyl (C=O) groups is 6. The first-order valence-corrected chi connectivity index (χ1v) is 10.5. The number of nitrogens with two attached hydrogens (primary N) is 1. The van der Waals surface area contributed by atoms with E-state index in [0.29, 0.717) is 5.56 Å². The number of phenolic OH excluding ortho intramolecular Hbond substituents is 1. The second-order valence-corrected chi connectivity index (χ2v) is 7.86. The summed E-state index contributed by atoms with van der Waals surface area (Å²) in [6.45, 7) is 1.06. The van der Waals surface area contributed by atoms with Crippen molar-refractivity contribution >= 4 is 35.6 Å². The Hall–Kier alpha value is -4.24. The van der Waals surface area contributed by atoms with Crippen LogP contribution in [0.1, 0.15) is 25.3 Å². The molecular weight excluding hydrogens is 484 g/mol. The monoisotopic (exact) mass is 512 g/mol. The fourth-order valence-corrected chi connectivity index (χ4v) is 2.94. The highest BCUT2D eigenvalue weighted by Crippen LogP contribution is 2.11. The second-order valence-electron chi connectivity index (χ2n) is 7.86. The number of carboxylic acids is 3. The highest BCUT2D eigenvalue weighted by molar-refractivity contribution is 5.96. The van der Waals surface area contributed by atoms with Gasteiger partial charge >= 0.3 is 17.9 Å². The average Bonchev–Trinajstić information content (AvgIpc) is 2.76. The normalized spacial score (nSPS) is 14.9. The maximum Gasteiger partial charge on any atom is 0.328 e. The van der Waals surface area contributed by atoms with Crippen LogP contribution in [0.5, 0.6) is 5.75 Å². The molecule has 3 amide bonds. The van der Waals surface area contributed by atoms with Gasteiger partial charge in [-0.1, -0.05) is 12.1 Å². The third-order valence-corrected chi connectivity index (χ3v) is 4.80. The van der Waals surface area contributed by atoms with E-state index >= 15 is 0 Å². The van der Waals surface area contributed by atoms with Crippen molar-refractivity contribution < 1.29 is 54.3 Å². The summed E-state index contributed by atoms with van der Waals surface area (Å²) in [7, 11) is 0. The number of aromatic hydroxyl groups is 1. The van der Waals surface area contributed by atoms with Crippen LogP contribution >= 0.6 is 0 Å². The smallest absolute Gasteiger partial charge is 0.328 e. The molecular formula is C21H28N4O11. The molecule has 198 valence electrons. The van der Waals surface area contributed by atoms with Crippen molar-refractivity contribution in [2.75, 3.05) is 0 Å². The number of aliphatic hydroxyl groups excluding tert-OH is 1. The summed E-state index contributed by atoms with van der Waals surface area (Å²) in [5.74, 6) is -8.16. The highest BCUT2D eigenvalue weighted by atomic mass is 16.4. The fraction of sp³-hybridized carbons (Fsp3) is 0.429. The summed E-state index contributed by atoms with van der Waals surface area (Å²) in [4.78, 5) is 71.2. The van der Waals surface area contributed by atoms with Crippen LogP contribution in [-0.2, 0) is 35.2 Å². The molecule has 15 nitrogen and oxygen atoms in total. The molecule has 10 N–H and O–H groups in total. The van der Waals surface area contributed by atoms with Gasteiger partial charge in [0.15, 0.2) is 6.04 Å². The maximum absolute atomic E-state index is 12.7. The standard InChI is InChI=1S/C21H28N4O11/c1-9(26)17(21(35)36)25-20(34)14(8-16(30)31)24-19(33)13(7-15(28)29)23-18(32)12(22)6-10-2-4-11(27)5-3-10/h2-5,9,12-14,17,26-27H,6-8,22H2,1H3,(H,23,32)(H,24,33)(H,25,34)(H,28,29)(H,30,31)(H,35,36). The fourth-order valence-electron chi connectivity index (χ4n) is 2.94. The van der Waals surface area contributed by atoms with E-state index in [2.05, 4.69) is 5.32 Å². The van der Waals surface area contributed by atoms with Crippen LogP contribution in [0.15, 0.2) is 24.3 Å². The van der Waals surface area contributed by atoms with Crippen LogP contribution in [0, 0.1) is 0 Å². The molecule has 0 saturated carbocycles. The molecule has 0 heterocycles. The Kier molecular flexibility index (Phi) is 11.3. The lowest BCUT2D eigenvalue weighted by molar-refractivity contribution is -0.146. The minimum absolute atomic E-state index is 0.0157. The first-order chi connectivity index (χ1) is 16.7. The molecule has 0 radical (unpaired) electrons. The third kappa shape index (κ3) is 9.94. The van der Waals surface area contributed by atoms with Gasteiger partial charge in [0.05, 0.1) is 25.0 Å². The first kappa shape index (κ1) is 29.8. The van der Waals surface area contributed by atoms with Crippen LogP contribution in [-0.4, -0.2) is 91.4 Å². The Morgan fingerprint density at radius 1 is 0.806 bits per heavy atom. The number of carbonyl (C=O) groups excluding carboxylic acids is 3. The summed E-state index contributed by atoms with van der Waals surface area (Å²) < 4.78 is 0. The van der Waals surface area contributed by atoms with Gasteiger partial charge < -0.3 is 47.2 Å². The van der Waals surface area contributed by atoms with Crippen LogP contribution in [0.4, 0.5) is 0 Å². The van der Waals surface area contributed by atoms with Crippen molar-refractivity contribution in [1.29, 1.82) is 0 Å². The number of rotatable bonds is 14. The zero-order chi connectivity index (χ0) is 27.6. The van der Waals surface area contributed by atoms with E-state index in [1.54, 1.807) is 0 Å². The Bertz CT molecular complexity index is 981. The summed E-state index contributed by atoms with van der Waals surface area (Å²) >= 11 is 0. The largest absolute Gasteiger partial charge is 0.508 e. The maximum atomic E-state index is 12.7. The molecule has 0 aliphatic rings. The molecule has 1 aromatic rings. The van der Waals surface area contributed by atoms with Gasteiger partial charge in [0.1, 0.15) is 17.8 Å². The topological polar surface area (TPSA) is 266 Å². The zero-order valence-electron chi connectivity index (χ0n) is 19.1. The van der Waals surface area contributed by atoms with E-state index in [4.69, 9.17) is 21.1 Å². The average molecular weight is 512 g/mol. The Morgan fingerprint density at radius 2 is 1.25 bits per heavy atom. The van der Waals surface area contributed by atoms with E-state index in [0.717, 1.165) is 6.92 Å². The number of aliphatic carboxylic acids is 3. The lowest BCUT2D eigenvalue weighted by Crippen LogP contribution is -2.59. The van der Waals surface area contributed by atoms with E-state index in [9.17, 15) is 39.0 Å². The Balaban J connectivity index is 2.99. The van der Waals surface area contributed by atoms with Gasteiger partial charge in [-0.2, -0.15) is 0 Å². The van der Waals surface area contributed by atoms with Crippen LogP contribution in [0.2, 0.25) is 0 Å². The summed E-state index contributed by atoms with van der Waals surface area (Å²) in [6.07, 6.45) is -3.57. The predicted molar refractivity (Wildman–Crippen MR) is 119 cm³/mol. The number of hydrogen-bond acceptors (Lipinski definition) is 9. The Labute approximate surface area is 204 Å². The molecule has 0 bridgehead atoms. The lowest BCUT2D eigenvalue weighted by atomic mass is 10.0. The van der Waals surface area contributed by atoms with Crippen LogP contribution in [0.3, 0.4) is 0 Å². The quantitative estimate of drug-likeness (QED) is 0.122. The molecule has 1 rings (SSSR count). The molecule has 0 saturated heterocycles. The lowest BCUT2D eigenvalue weighted by Gasteiger charge is -2.24. The number of nitrogens with one attached hydrogen (secondary N) is 3. The molecule has 1 aromatic carbocycles. The highest BCUT2D eigenvalue weighted by Gasteiger charge is 2.33. The summed E-state index contributed by atoms with van der Waals surface area (Å²) in [5, 5.41) is 52.1. The van der Waals surface area contributed by atoms with E-state index in [1.165, 1.54) is 24.3 Å². The molecule has 0 spiro atoms. The second kappa shape index (κ2) is 13.6. The molecule has 36 heavy (non-hydrogen) atoms.